The topological polar surface area (TPSA) is 53.1 Å². The number of nitrogens with one attached hydrogen (secondary N) is 1. The summed E-state index contributed by atoms with van der Waals surface area (Å²) in [6.45, 7) is 1.48. The number of fused-ring (bicyclic) bond motifs is 1. The van der Waals surface area contributed by atoms with Crippen LogP contribution in [0.4, 0.5) is 8.78 Å². The summed E-state index contributed by atoms with van der Waals surface area (Å²) in [5, 5.41) is 9.29. The van der Waals surface area contributed by atoms with Crippen molar-refractivity contribution >= 4 is 10.8 Å². The molecule has 1 aromatic heterocycles. The van der Waals surface area contributed by atoms with Gasteiger partial charge in [-0.05, 0) is 18.4 Å². The molecule has 5 heteroatoms. The third kappa shape index (κ3) is 1.49. The van der Waals surface area contributed by atoms with Crippen LogP contribution in [0.2, 0.25) is 0 Å². The molecule has 1 heterocycles. The van der Waals surface area contributed by atoms with Crippen molar-refractivity contribution in [3.8, 4) is 0 Å². The molecule has 0 aliphatic carbocycles. The number of rotatable bonds is 1. The summed E-state index contributed by atoms with van der Waals surface area (Å²) in [7, 11) is 0. The van der Waals surface area contributed by atoms with Crippen LogP contribution in [-0.2, 0) is 0 Å². The average Bonchev–Trinajstić information content (AvgIpc) is 2.23. The number of aliphatic hydroxyl groups excluding tert-OH is 1. The van der Waals surface area contributed by atoms with E-state index >= 15 is 0 Å². The molecule has 3 nitrogen and oxygen atoms in total. The van der Waals surface area contributed by atoms with Crippen molar-refractivity contribution in [3.05, 3.63) is 45.9 Å². The summed E-state index contributed by atoms with van der Waals surface area (Å²) < 4.78 is 26.4. The van der Waals surface area contributed by atoms with E-state index < -0.39 is 23.3 Å². The molecule has 0 radical (unpaired) electrons. The van der Waals surface area contributed by atoms with Crippen LogP contribution in [0.5, 0.6) is 0 Å². The predicted molar refractivity (Wildman–Crippen MR) is 55.1 cm³/mol. The molecule has 0 saturated carbocycles. The number of aromatic nitrogens is 1. The van der Waals surface area contributed by atoms with Crippen LogP contribution in [0.25, 0.3) is 10.8 Å². The molecule has 1 aromatic carbocycles. The summed E-state index contributed by atoms with van der Waals surface area (Å²) in [6, 6.07) is 2.22. The van der Waals surface area contributed by atoms with Crippen molar-refractivity contribution in [1.29, 1.82) is 0 Å². The van der Waals surface area contributed by atoms with Gasteiger partial charge in [-0.1, -0.05) is 6.07 Å². The van der Waals surface area contributed by atoms with Gasteiger partial charge in [0.25, 0.3) is 5.56 Å². The Morgan fingerprint density at radius 3 is 2.69 bits per heavy atom. The Kier molecular flexibility index (Phi) is 2.47. The van der Waals surface area contributed by atoms with Crippen molar-refractivity contribution in [2.45, 2.75) is 13.0 Å². The van der Waals surface area contributed by atoms with Crippen LogP contribution in [0.15, 0.2) is 23.1 Å². The largest absolute Gasteiger partial charge is 0.389 e. The summed E-state index contributed by atoms with van der Waals surface area (Å²) in [5.41, 5.74) is -0.357. The molecular formula is C11H9F2NO2. The minimum absolute atomic E-state index is 0.220. The van der Waals surface area contributed by atoms with Gasteiger partial charge in [0, 0.05) is 11.8 Å². The number of hydrogen-bond acceptors (Lipinski definition) is 2. The zero-order valence-corrected chi connectivity index (χ0v) is 8.42. The lowest BCUT2D eigenvalue weighted by atomic mass is 10.0. The SMILES string of the molecule is CC(O)c1c[nH]c(=O)c2c(F)c(F)ccc12. The molecule has 0 fully saturated rings. The van der Waals surface area contributed by atoms with E-state index in [4.69, 9.17) is 0 Å². The highest BCUT2D eigenvalue weighted by atomic mass is 19.2. The van der Waals surface area contributed by atoms with Gasteiger partial charge in [-0.25, -0.2) is 8.78 Å². The van der Waals surface area contributed by atoms with Crippen molar-refractivity contribution < 1.29 is 13.9 Å². The van der Waals surface area contributed by atoms with Crippen LogP contribution < -0.4 is 5.56 Å². The van der Waals surface area contributed by atoms with Gasteiger partial charge >= 0.3 is 0 Å². The highest BCUT2D eigenvalue weighted by molar-refractivity contribution is 5.85. The molecule has 0 aliphatic heterocycles. The molecule has 2 aromatic rings. The third-order valence-corrected chi connectivity index (χ3v) is 2.44. The lowest BCUT2D eigenvalue weighted by molar-refractivity contribution is 0.200. The number of pyridine rings is 1. The zero-order chi connectivity index (χ0) is 11.9. The molecule has 2 rings (SSSR count). The van der Waals surface area contributed by atoms with Gasteiger partial charge in [0.2, 0.25) is 0 Å². The molecule has 1 unspecified atom stereocenters. The normalized spacial score (nSPS) is 13.0. The van der Waals surface area contributed by atoms with Crippen LogP contribution in [-0.4, -0.2) is 10.1 Å². The first kappa shape index (κ1) is 10.8. The molecule has 16 heavy (non-hydrogen) atoms. The molecule has 0 saturated heterocycles. The Morgan fingerprint density at radius 1 is 1.38 bits per heavy atom. The summed E-state index contributed by atoms with van der Waals surface area (Å²) in [4.78, 5) is 13.7. The Labute approximate surface area is 89.3 Å². The standard InChI is InChI=1S/C11H9F2NO2/c1-5(15)7-4-14-11(16)9-6(7)2-3-8(12)10(9)13/h2-5,15H,1H3,(H,14,16). The smallest absolute Gasteiger partial charge is 0.258 e. The van der Waals surface area contributed by atoms with Gasteiger partial charge in [0.15, 0.2) is 11.6 Å². The van der Waals surface area contributed by atoms with Crippen molar-refractivity contribution in [3.63, 3.8) is 0 Å². The second kappa shape index (κ2) is 3.68. The first-order chi connectivity index (χ1) is 7.52. The third-order valence-electron chi connectivity index (χ3n) is 2.44. The second-order valence-electron chi connectivity index (χ2n) is 3.53. The van der Waals surface area contributed by atoms with Crippen LogP contribution in [0, 0.1) is 11.6 Å². The minimum atomic E-state index is -1.19. The Bertz CT molecular complexity index is 605. The summed E-state index contributed by atoms with van der Waals surface area (Å²) in [6.07, 6.45) is 0.427. The maximum absolute atomic E-state index is 13.4. The van der Waals surface area contributed by atoms with E-state index in [0.717, 1.165) is 6.07 Å². The average molecular weight is 225 g/mol. The Hall–Kier alpha value is -1.75. The Balaban J connectivity index is 2.98. The van der Waals surface area contributed by atoms with Gasteiger partial charge in [0.1, 0.15) is 0 Å². The van der Waals surface area contributed by atoms with E-state index in [-0.39, 0.29) is 10.8 Å². The number of benzene rings is 1. The van der Waals surface area contributed by atoms with E-state index in [1.54, 1.807) is 0 Å². The van der Waals surface area contributed by atoms with Crippen molar-refractivity contribution in [1.82, 2.24) is 4.98 Å². The van der Waals surface area contributed by atoms with Crippen LogP contribution in [0.3, 0.4) is 0 Å². The minimum Gasteiger partial charge on any atom is -0.389 e. The fourth-order valence-electron chi connectivity index (χ4n) is 1.65. The number of aromatic amines is 1. The maximum atomic E-state index is 13.4. The molecular weight excluding hydrogens is 216 g/mol. The lowest BCUT2D eigenvalue weighted by Gasteiger charge is -2.08. The van der Waals surface area contributed by atoms with Gasteiger partial charge < -0.3 is 10.1 Å². The van der Waals surface area contributed by atoms with Gasteiger partial charge in [-0.2, -0.15) is 0 Å². The summed E-state index contributed by atoms with van der Waals surface area (Å²) in [5.74, 6) is -2.28. The quantitative estimate of drug-likeness (QED) is 0.778. The number of hydrogen-bond donors (Lipinski definition) is 2. The fourth-order valence-corrected chi connectivity index (χ4v) is 1.65. The first-order valence-electron chi connectivity index (χ1n) is 4.69. The highest BCUT2D eigenvalue weighted by Gasteiger charge is 2.15. The Morgan fingerprint density at radius 2 is 2.06 bits per heavy atom. The maximum Gasteiger partial charge on any atom is 0.258 e. The van der Waals surface area contributed by atoms with Gasteiger partial charge in [-0.15, -0.1) is 0 Å². The lowest BCUT2D eigenvalue weighted by Crippen LogP contribution is -2.11. The predicted octanol–water partition coefficient (Wildman–Crippen LogP) is 1.86. The van der Waals surface area contributed by atoms with Gasteiger partial charge in [0.05, 0.1) is 11.5 Å². The first-order valence-corrected chi connectivity index (χ1v) is 4.69. The molecule has 0 bridgehead atoms. The number of H-pyrrole nitrogens is 1. The molecule has 0 spiro atoms. The zero-order valence-electron chi connectivity index (χ0n) is 8.42. The number of aliphatic hydroxyl groups is 1. The molecule has 1 atom stereocenters. The van der Waals surface area contributed by atoms with Crippen LogP contribution >= 0.6 is 0 Å². The molecule has 84 valence electrons. The van der Waals surface area contributed by atoms with E-state index in [1.165, 1.54) is 19.2 Å². The van der Waals surface area contributed by atoms with Gasteiger partial charge in [-0.3, -0.25) is 4.79 Å². The van der Waals surface area contributed by atoms with E-state index in [2.05, 4.69) is 4.98 Å². The van der Waals surface area contributed by atoms with E-state index in [0.29, 0.717) is 5.56 Å². The van der Waals surface area contributed by atoms with Crippen molar-refractivity contribution in [2.75, 3.05) is 0 Å². The number of halogens is 2. The van der Waals surface area contributed by atoms with Crippen LogP contribution in [0.1, 0.15) is 18.6 Å². The van der Waals surface area contributed by atoms with E-state index in [1.807, 2.05) is 0 Å². The molecule has 0 amide bonds. The molecule has 0 aliphatic rings. The molecule has 2 N–H and O–H groups in total. The highest BCUT2D eigenvalue weighted by Crippen LogP contribution is 2.23. The summed E-state index contributed by atoms with van der Waals surface area (Å²) >= 11 is 0. The second-order valence-corrected chi connectivity index (χ2v) is 3.53. The van der Waals surface area contributed by atoms with E-state index in [9.17, 15) is 18.7 Å². The monoisotopic (exact) mass is 225 g/mol. The van der Waals surface area contributed by atoms with Crippen molar-refractivity contribution in [2.24, 2.45) is 0 Å². The fraction of sp³-hybridized carbons (Fsp3) is 0.182.